The van der Waals surface area contributed by atoms with Crippen LogP contribution in [-0.4, -0.2) is 56.0 Å². The fourth-order valence-electron chi connectivity index (χ4n) is 3.74. The van der Waals surface area contributed by atoms with Crippen molar-refractivity contribution < 1.29 is 38.1 Å². The Labute approximate surface area is 249 Å². The summed E-state index contributed by atoms with van der Waals surface area (Å²) in [6, 6.07) is 17.1. The molecule has 0 unspecified atom stereocenters. The maximum absolute atomic E-state index is 13.0. The number of carbonyl (C=O) groups excluding carboxylic acids is 3. The lowest BCUT2D eigenvalue weighted by molar-refractivity contribution is -0.123. The highest BCUT2D eigenvalue weighted by molar-refractivity contribution is 14.1. The van der Waals surface area contributed by atoms with E-state index in [0.717, 1.165) is 16.7 Å². The minimum Gasteiger partial charge on any atom is -0.497 e. The number of nitrogens with zero attached hydrogens (tertiary/aromatic N) is 1. The topological polar surface area (TPSA) is 101 Å². The van der Waals surface area contributed by atoms with E-state index < -0.39 is 11.9 Å². The lowest BCUT2D eigenvalue weighted by atomic mass is 10.1. The van der Waals surface area contributed by atoms with E-state index in [1.165, 1.54) is 0 Å². The van der Waals surface area contributed by atoms with E-state index in [2.05, 4.69) is 0 Å². The molecule has 208 valence electrons. The number of benzene rings is 3. The molecule has 0 radical (unpaired) electrons. The molecule has 11 heteroatoms. The molecule has 0 aromatic heterocycles. The summed E-state index contributed by atoms with van der Waals surface area (Å²) in [5.41, 5.74) is 0.972. The van der Waals surface area contributed by atoms with Gasteiger partial charge in [-0.2, -0.15) is 0 Å². The van der Waals surface area contributed by atoms with Gasteiger partial charge < -0.3 is 23.7 Å². The normalized spacial score (nSPS) is 13.9. The average Bonchev–Trinajstić information content (AvgIpc) is 3.22. The second-order valence-corrected chi connectivity index (χ2v) is 10.4. The van der Waals surface area contributed by atoms with Crippen LogP contribution in [-0.2, 0) is 4.79 Å². The van der Waals surface area contributed by atoms with Crippen molar-refractivity contribution in [3.63, 3.8) is 0 Å². The van der Waals surface area contributed by atoms with Gasteiger partial charge in [0.25, 0.3) is 11.1 Å². The monoisotopic (exact) mass is 675 g/mol. The fourth-order valence-corrected chi connectivity index (χ4v) is 5.34. The first-order chi connectivity index (χ1) is 19.3. The Morgan fingerprint density at radius 2 is 1.68 bits per heavy atom. The number of amides is 2. The zero-order chi connectivity index (χ0) is 28.6. The largest absolute Gasteiger partial charge is 0.497 e. The first-order valence-electron chi connectivity index (χ1n) is 12.2. The van der Waals surface area contributed by atoms with Gasteiger partial charge in [0, 0.05) is 0 Å². The van der Waals surface area contributed by atoms with Crippen molar-refractivity contribution in [1.82, 2.24) is 4.90 Å². The zero-order valence-electron chi connectivity index (χ0n) is 22.0. The highest BCUT2D eigenvalue weighted by atomic mass is 127. The molecule has 0 spiro atoms. The molecular weight excluding hydrogens is 649 g/mol. The van der Waals surface area contributed by atoms with Crippen molar-refractivity contribution in [3.05, 3.63) is 80.3 Å². The van der Waals surface area contributed by atoms with E-state index >= 15 is 0 Å². The van der Waals surface area contributed by atoms with E-state index in [4.69, 9.17) is 23.7 Å². The van der Waals surface area contributed by atoms with Gasteiger partial charge in [0.2, 0.25) is 0 Å². The van der Waals surface area contributed by atoms with E-state index in [1.54, 1.807) is 68.8 Å². The summed E-state index contributed by atoms with van der Waals surface area (Å²) in [5, 5.41) is -0.385. The molecule has 9 nitrogen and oxygen atoms in total. The highest BCUT2D eigenvalue weighted by Gasteiger charge is 2.35. The number of thioether (sulfide) groups is 1. The molecule has 1 saturated heterocycles. The van der Waals surface area contributed by atoms with Gasteiger partial charge >= 0.3 is 5.97 Å². The van der Waals surface area contributed by atoms with Crippen molar-refractivity contribution in [2.24, 2.45) is 0 Å². The van der Waals surface area contributed by atoms with Gasteiger partial charge in [-0.3, -0.25) is 14.5 Å². The molecule has 40 heavy (non-hydrogen) atoms. The van der Waals surface area contributed by atoms with Gasteiger partial charge in [-0.15, -0.1) is 0 Å². The summed E-state index contributed by atoms with van der Waals surface area (Å²) in [7, 11) is 3.09. The molecule has 1 fully saturated rings. The lowest BCUT2D eigenvalue weighted by Crippen LogP contribution is -2.32. The number of rotatable bonds is 11. The van der Waals surface area contributed by atoms with Gasteiger partial charge in [-0.05, 0) is 101 Å². The highest BCUT2D eigenvalue weighted by Crippen LogP contribution is 2.38. The van der Waals surface area contributed by atoms with Crippen molar-refractivity contribution >= 4 is 57.5 Å². The summed E-state index contributed by atoms with van der Waals surface area (Å²) < 4.78 is 28.1. The summed E-state index contributed by atoms with van der Waals surface area (Å²) in [6.45, 7) is 2.34. The van der Waals surface area contributed by atoms with Crippen LogP contribution in [0.3, 0.4) is 0 Å². The van der Waals surface area contributed by atoms with Crippen LogP contribution in [0.4, 0.5) is 4.79 Å². The first-order valence-corrected chi connectivity index (χ1v) is 14.1. The van der Waals surface area contributed by atoms with Gasteiger partial charge in [-0.1, -0.05) is 12.1 Å². The van der Waals surface area contributed by atoms with Gasteiger partial charge in [0.15, 0.2) is 23.0 Å². The van der Waals surface area contributed by atoms with Gasteiger partial charge in [0.1, 0.15) is 12.4 Å². The molecular formula is C29H26INO8S. The molecule has 2 amide bonds. The molecule has 3 aromatic rings. The number of hydrogen-bond acceptors (Lipinski definition) is 9. The molecule has 1 aliphatic rings. The third-order valence-electron chi connectivity index (χ3n) is 5.67. The van der Waals surface area contributed by atoms with Crippen molar-refractivity contribution in [1.29, 1.82) is 0 Å². The molecule has 0 N–H and O–H groups in total. The van der Waals surface area contributed by atoms with Crippen molar-refractivity contribution in [2.75, 3.05) is 34.0 Å². The Kier molecular flexibility index (Phi) is 9.93. The predicted molar refractivity (Wildman–Crippen MR) is 159 cm³/mol. The molecule has 0 aliphatic carbocycles. The Morgan fingerprint density at radius 1 is 0.950 bits per heavy atom. The number of imide groups is 1. The van der Waals surface area contributed by atoms with Crippen LogP contribution in [0.5, 0.6) is 28.7 Å². The van der Waals surface area contributed by atoms with E-state index in [-0.39, 0.29) is 29.0 Å². The molecule has 1 heterocycles. The Morgan fingerprint density at radius 3 is 2.35 bits per heavy atom. The van der Waals surface area contributed by atoms with Crippen LogP contribution < -0.4 is 23.7 Å². The minimum absolute atomic E-state index is 0.0854. The maximum atomic E-state index is 13.0. The number of hydrogen-bond donors (Lipinski definition) is 0. The maximum Gasteiger partial charge on any atom is 0.343 e. The van der Waals surface area contributed by atoms with E-state index in [9.17, 15) is 14.4 Å². The van der Waals surface area contributed by atoms with Gasteiger partial charge in [0.05, 0.1) is 41.4 Å². The molecule has 3 aromatic carbocycles. The smallest absolute Gasteiger partial charge is 0.343 e. The Hall–Kier alpha value is -3.71. The standard InChI is InChI=1S/C29H26INO8S/c1-4-37-24-16-18(15-21(30)26(24)39-28(33)19-9-11-20(35-2)12-10-19)17-25-27(32)31(29(34)40-25)13-14-38-23-8-6-5-7-22(23)36-3/h5-12,15-17H,4,13-14H2,1-3H3/b25-17-. The van der Waals surface area contributed by atoms with Crippen LogP contribution in [0.1, 0.15) is 22.8 Å². The van der Waals surface area contributed by atoms with Crippen LogP contribution in [0, 0.1) is 3.57 Å². The van der Waals surface area contributed by atoms with Crippen LogP contribution >= 0.6 is 34.4 Å². The minimum atomic E-state index is -0.550. The molecule has 1 aliphatic heterocycles. The van der Waals surface area contributed by atoms with Gasteiger partial charge in [-0.25, -0.2) is 4.79 Å². The SMILES string of the molecule is CCOc1cc(/C=C2\SC(=O)N(CCOc3ccccc3OC)C2=O)cc(I)c1OC(=O)c1ccc(OC)cc1. The van der Waals surface area contributed by atoms with E-state index in [1.807, 2.05) is 41.6 Å². The van der Waals surface area contributed by atoms with E-state index in [0.29, 0.717) is 44.3 Å². The summed E-state index contributed by atoms with van der Waals surface area (Å²) in [5.74, 6) is 1.35. The number of halogens is 1. The predicted octanol–water partition coefficient (Wildman–Crippen LogP) is 6.04. The number of carbonyl (C=O) groups is 3. The third kappa shape index (κ3) is 6.89. The first kappa shape index (κ1) is 29.3. The van der Waals surface area contributed by atoms with Crippen LogP contribution in [0.15, 0.2) is 65.6 Å². The van der Waals surface area contributed by atoms with Crippen molar-refractivity contribution in [3.8, 4) is 28.7 Å². The Balaban J connectivity index is 1.48. The fraction of sp³-hybridized carbons (Fsp3) is 0.207. The summed E-state index contributed by atoms with van der Waals surface area (Å²) in [4.78, 5) is 39.8. The third-order valence-corrected chi connectivity index (χ3v) is 7.37. The summed E-state index contributed by atoms with van der Waals surface area (Å²) >= 11 is 2.89. The second kappa shape index (κ2) is 13.6. The number of para-hydroxylation sites is 2. The number of esters is 1. The molecule has 0 bridgehead atoms. The lowest BCUT2D eigenvalue weighted by Gasteiger charge is -2.15. The van der Waals surface area contributed by atoms with Crippen molar-refractivity contribution in [2.45, 2.75) is 6.92 Å². The molecule has 4 rings (SSSR count). The van der Waals surface area contributed by atoms with Crippen LogP contribution in [0.25, 0.3) is 6.08 Å². The zero-order valence-corrected chi connectivity index (χ0v) is 24.9. The summed E-state index contributed by atoms with van der Waals surface area (Å²) in [6.07, 6.45) is 1.62. The quantitative estimate of drug-likeness (QED) is 0.104. The van der Waals surface area contributed by atoms with Crippen LogP contribution in [0.2, 0.25) is 0 Å². The molecule has 0 atom stereocenters. The molecule has 0 saturated carbocycles. The Bertz CT molecular complexity index is 1440. The second-order valence-electron chi connectivity index (χ2n) is 8.21. The number of methoxy groups -OCH3 is 2. The number of ether oxygens (including phenoxy) is 5. The average molecular weight is 675 g/mol.